The first-order valence-corrected chi connectivity index (χ1v) is 7.68. The van der Waals surface area contributed by atoms with E-state index >= 15 is 0 Å². The molecule has 1 aromatic heterocycles. The van der Waals surface area contributed by atoms with E-state index in [1.165, 1.54) is 12.1 Å². The fourth-order valence-electron chi connectivity index (χ4n) is 2.69. The largest absolute Gasteiger partial charge is 0.370 e. The highest BCUT2D eigenvalue weighted by atomic mass is 19.1. The van der Waals surface area contributed by atoms with Crippen LogP contribution in [0.25, 0.3) is 22.5 Å². The zero-order valence-corrected chi connectivity index (χ0v) is 13.4. The topological polar surface area (TPSA) is 86.4 Å². The third kappa shape index (κ3) is 3.74. The number of aliphatic imine (C=N–C) groups is 1. The zero-order valence-electron chi connectivity index (χ0n) is 13.4. The first-order chi connectivity index (χ1) is 12.0. The van der Waals surface area contributed by atoms with Gasteiger partial charge in [0, 0.05) is 11.4 Å². The van der Waals surface area contributed by atoms with Crippen LogP contribution in [0.3, 0.4) is 0 Å². The Kier molecular flexibility index (Phi) is 4.61. The highest BCUT2D eigenvalue weighted by molar-refractivity contribution is 5.92. The van der Waals surface area contributed by atoms with Crippen molar-refractivity contribution in [1.29, 1.82) is 0 Å². The number of halogens is 1. The lowest BCUT2D eigenvalue weighted by molar-refractivity contribution is -0.118. The maximum Gasteiger partial charge on any atom is 0.268 e. The monoisotopic (exact) mass is 336 g/mol. The van der Waals surface area contributed by atoms with Crippen molar-refractivity contribution in [3.05, 3.63) is 72.5 Å². The summed E-state index contributed by atoms with van der Waals surface area (Å²) < 4.78 is 15.0. The Morgan fingerprint density at radius 3 is 2.00 bits per heavy atom. The molecule has 3 rings (SSSR count). The second-order valence-corrected chi connectivity index (χ2v) is 5.49. The van der Waals surface area contributed by atoms with Crippen molar-refractivity contribution in [2.45, 2.75) is 6.54 Å². The van der Waals surface area contributed by atoms with Gasteiger partial charge in [-0.25, -0.2) is 4.39 Å². The first kappa shape index (κ1) is 16.4. The number of aromatic nitrogens is 1. The van der Waals surface area contributed by atoms with Gasteiger partial charge in [-0.3, -0.25) is 4.79 Å². The number of carbonyl (C=O) groups excluding carboxylic acids is 1. The van der Waals surface area contributed by atoms with Crippen LogP contribution >= 0.6 is 0 Å². The van der Waals surface area contributed by atoms with Crippen LogP contribution in [0, 0.1) is 5.82 Å². The minimum atomic E-state index is -0.461. The van der Waals surface area contributed by atoms with E-state index in [0.29, 0.717) is 0 Å². The van der Waals surface area contributed by atoms with E-state index in [0.717, 1.165) is 22.5 Å². The summed E-state index contributed by atoms with van der Waals surface area (Å²) in [7, 11) is 0. The maximum absolute atomic E-state index is 13.2. The molecule has 0 saturated heterocycles. The molecule has 6 heteroatoms. The van der Waals surface area contributed by atoms with Gasteiger partial charge in [0.2, 0.25) is 0 Å². The van der Waals surface area contributed by atoms with E-state index in [9.17, 15) is 9.18 Å². The third-order valence-electron chi connectivity index (χ3n) is 3.74. The van der Waals surface area contributed by atoms with Crippen molar-refractivity contribution in [2.75, 3.05) is 0 Å². The number of hydrogen-bond acceptors (Lipinski definition) is 1. The molecule has 2 aromatic carbocycles. The van der Waals surface area contributed by atoms with Gasteiger partial charge in [-0.05, 0) is 47.5 Å². The predicted octanol–water partition coefficient (Wildman–Crippen LogP) is 2.76. The average Bonchev–Trinajstić information content (AvgIpc) is 2.99. The molecular weight excluding hydrogens is 319 g/mol. The molecule has 0 aliphatic carbocycles. The molecule has 0 unspecified atom stereocenters. The average molecular weight is 336 g/mol. The predicted molar refractivity (Wildman–Crippen MR) is 96.1 cm³/mol. The van der Waals surface area contributed by atoms with E-state index in [1.807, 2.05) is 47.0 Å². The van der Waals surface area contributed by atoms with Gasteiger partial charge in [-0.2, -0.15) is 4.99 Å². The number of benzene rings is 2. The van der Waals surface area contributed by atoms with Gasteiger partial charge in [0.1, 0.15) is 12.4 Å². The Balaban J connectivity index is 2.09. The fraction of sp³-hybridized carbons (Fsp3) is 0.0526. The molecule has 0 aliphatic rings. The Morgan fingerprint density at radius 2 is 1.44 bits per heavy atom. The fourth-order valence-corrected chi connectivity index (χ4v) is 2.69. The summed E-state index contributed by atoms with van der Waals surface area (Å²) in [4.78, 5) is 15.7. The van der Waals surface area contributed by atoms with Crippen molar-refractivity contribution in [3.8, 4) is 22.5 Å². The lowest BCUT2D eigenvalue weighted by Gasteiger charge is -2.12. The summed E-state index contributed by atoms with van der Waals surface area (Å²) >= 11 is 0. The van der Waals surface area contributed by atoms with Crippen LogP contribution in [0.5, 0.6) is 0 Å². The van der Waals surface area contributed by atoms with Crippen molar-refractivity contribution >= 4 is 11.9 Å². The molecule has 0 fully saturated rings. The number of guanidine groups is 1. The number of amides is 1. The molecule has 0 bridgehead atoms. The Bertz CT molecular complexity index is 910. The number of hydrogen-bond donors (Lipinski definition) is 2. The number of nitrogens with two attached hydrogens (primary N) is 2. The molecule has 0 radical (unpaired) electrons. The Morgan fingerprint density at radius 1 is 0.880 bits per heavy atom. The van der Waals surface area contributed by atoms with Gasteiger partial charge in [0.15, 0.2) is 5.96 Å². The summed E-state index contributed by atoms with van der Waals surface area (Å²) in [6.07, 6.45) is 0. The minimum Gasteiger partial charge on any atom is -0.370 e. The molecule has 25 heavy (non-hydrogen) atoms. The van der Waals surface area contributed by atoms with Crippen LogP contribution in [0.4, 0.5) is 4.39 Å². The van der Waals surface area contributed by atoms with Gasteiger partial charge in [-0.15, -0.1) is 0 Å². The van der Waals surface area contributed by atoms with Crippen LogP contribution in [0.2, 0.25) is 0 Å². The van der Waals surface area contributed by atoms with E-state index in [1.54, 1.807) is 12.1 Å². The van der Waals surface area contributed by atoms with Gasteiger partial charge in [0.05, 0.1) is 0 Å². The van der Waals surface area contributed by atoms with Crippen molar-refractivity contribution in [2.24, 2.45) is 16.5 Å². The minimum absolute atomic E-state index is 0.0260. The summed E-state index contributed by atoms with van der Waals surface area (Å²) in [5.74, 6) is -1.06. The van der Waals surface area contributed by atoms with E-state index < -0.39 is 5.91 Å². The van der Waals surface area contributed by atoms with Gasteiger partial charge in [-0.1, -0.05) is 30.3 Å². The molecule has 5 nitrogen and oxygen atoms in total. The Labute approximate surface area is 144 Å². The van der Waals surface area contributed by atoms with Gasteiger partial charge < -0.3 is 16.0 Å². The lowest BCUT2D eigenvalue weighted by Crippen LogP contribution is -2.25. The number of carbonyl (C=O) groups is 1. The molecule has 0 atom stereocenters. The smallest absolute Gasteiger partial charge is 0.268 e. The van der Waals surface area contributed by atoms with Gasteiger partial charge in [0.25, 0.3) is 5.91 Å². The molecule has 0 spiro atoms. The molecule has 0 saturated carbocycles. The highest BCUT2D eigenvalue weighted by Crippen LogP contribution is 2.29. The molecule has 1 heterocycles. The van der Waals surface area contributed by atoms with Crippen LogP contribution < -0.4 is 11.5 Å². The summed E-state index contributed by atoms with van der Waals surface area (Å²) in [6.45, 7) is -0.0260. The highest BCUT2D eigenvalue weighted by Gasteiger charge is 2.14. The SMILES string of the molecule is NC(N)=NC(=O)Cn1c(-c2ccccc2)ccc1-c1ccc(F)cc1. The summed E-state index contributed by atoms with van der Waals surface area (Å²) in [6, 6.07) is 19.6. The maximum atomic E-state index is 13.2. The summed E-state index contributed by atoms with van der Waals surface area (Å²) in [5, 5.41) is 0. The zero-order chi connectivity index (χ0) is 17.8. The number of nitrogens with zero attached hydrogens (tertiary/aromatic N) is 2. The standard InChI is InChI=1S/C19H17FN4O/c20-15-8-6-14(7-9-15)17-11-10-16(13-4-2-1-3-5-13)24(17)12-18(25)23-19(21)22/h1-11H,12H2,(H4,21,22,23,25). The molecule has 4 N–H and O–H groups in total. The second kappa shape index (κ2) is 7.00. The molecular formula is C19H17FN4O. The van der Waals surface area contributed by atoms with E-state index in [2.05, 4.69) is 4.99 Å². The number of rotatable bonds is 4. The van der Waals surface area contributed by atoms with Crippen LogP contribution in [-0.4, -0.2) is 16.4 Å². The quantitative estimate of drug-likeness (QED) is 0.567. The van der Waals surface area contributed by atoms with Crippen LogP contribution in [-0.2, 0) is 11.3 Å². The van der Waals surface area contributed by atoms with E-state index in [4.69, 9.17) is 11.5 Å². The second-order valence-electron chi connectivity index (χ2n) is 5.49. The normalized spacial score (nSPS) is 10.4. The Hall–Kier alpha value is -3.41. The first-order valence-electron chi connectivity index (χ1n) is 7.68. The molecule has 1 amide bonds. The molecule has 126 valence electrons. The third-order valence-corrected chi connectivity index (χ3v) is 3.74. The van der Waals surface area contributed by atoms with Crippen LogP contribution in [0.15, 0.2) is 71.7 Å². The molecule has 0 aliphatic heterocycles. The summed E-state index contributed by atoms with van der Waals surface area (Å²) in [5.41, 5.74) is 14.0. The van der Waals surface area contributed by atoms with Crippen molar-refractivity contribution < 1.29 is 9.18 Å². The van der Waals surface area contributed by atoms with Gasteiger partial charge >= 0.3 is 0 Å². The van der Waals surface area contributed by atoms with E-state index in [-0.39, 0.29) is 18.3 Å². The van der Waals surface area contributed by atoms with Crippen molar-refractivity contribution in [1.82, 2.24) is 4.57 Å². The molecule has 3 aromatic rings. The lowest BCUT2D eigenvalue weighted by atomic mass is 10.1. The van der Waals surface area contributed by atoms with Crippen LogP contribution in [0.1, 0.15) is 0 Å². The van der Waals surface area contributed by atoms with Crippen molar-refractivity contribution in [3.63, 3.8) is 0 Å².